The van der Waals surface area contributed by atoms with Gasteiger partial charge in [-0.05, 0) is 30.2 Å². The highest BCUT2D eigenvalue weighted by Gasteiger charge is 2.14. The fraction of sp³-hybridized carbons (Fsp3) is 0.333. The van der Waals surface area contributed by atoms with E-state index < -0.39 is 0 Å². The minimum atomic E-state index is -0.0935. The number of thioether (sulfide) groups is 1. The summed E-state index contributed by atoms with van der Waals surface area (Å²) in [5.74, 6) is 2.68. The van der Waals surface area contributed by atoms with Crippen LogP contribution in [0.2, 0.25) is 0 Å². The molecule has 1 aliphatic heterocycles. The Hall–Kier alpha value is -3.11. The summed E-state index contributed by atoms with van der Waals surface area (Å²) < 4.78 is 19.6. The van der Waals surface area contributed by atoms with Crippen molar-refractivity contribution in [3.63, 3.8) is 0 Å². The Morgan fingerprint density at radius 2 is 2.06 bits per heavy atom. The second-order valence-corrected chi connectivity index (χ2v) is 8.03. The van der Waals surface area contributed by atoms with E-state index in [0.29, 0.717) is 54.0 Å². The Balaban J connectivity index is 1.38. The van der Waals surface area contributed by atoms with E-state index >= 15 is 0 Å². The van der Waals surface area contributed by atoms with Crippen LogP contribution in [0.25, 0.3) is 16.7 Å². The quantitative estimate of drug-likeness (QED) is 0.320. The van der Waals surface area contributed by atoms with Crippen LogP contribution in [-0.2, 0) is 17.0 Å². The minimum absolute atomic E-state index is 0.0935. The van der Waals surface area contributed by atoms with Crippen molar-refractivity contribution in [2.75, 3.05) is 26.9 Å². The number of ether oxygens (including phenoxy) is 3. The van der Waals surface area contributed by atoms with Crippen LogP contribution >= 0.6 is 11.8 Å². The number of rotatable bonds is 7. The predicted molar refractivity (Wildman–Crippen MR) is 116 cm³/mol. The number of aryl methyl sites for hydroxylation is 1. The monoisotopic (exact) mass is 439 g/mol. The number of hydrogen-bond acceptors (Lipinski definition) is 8. The van der Waals surface area contributed by atoms with Gasteiger partial charge >= 0.3 is 0 Å². The third-order valence-corrected chi connectivity index (χ3v) is 5.92. The molecule has 4 aromatic rings. The second kappa shape index (κ2) is 8.56. The summed E-state index contributed by atoms with van der Waals surface area (Å²) in [5, 5.41) is 5.68. The Bertz CT molecular complexity index is 1300. The summed E-state index contributed by atoms with van der Waals surface area (Å²) in [6.07, 6.45) is 4.12. The van der Waals surface area contributed by atoms with Crippen LogP contribution in [0, 0.1) is 0 Å². The maximum Gasteiger partial charge on any atom is 0.261 e. The molecule has 9 nitrogen and oxygen atoms in total. The first-order chi connectivity index (χ1) is 15.2. The van der Waals surface area contributed by atoms with E-state index in [1.165, 1.54) is 11.8 Å². The van der Waals surface area contributed by atoms with Gasteiger partial charge in [0, 0.05) is 38.4 Å². The van der Waals surface area contributed by atoms with E-state index in [1.54, 1.807) is 28.6 Å². The summed E-state index contributed by atoms with van der Waals surface area (Å²) in [5.41, 5.74) is 1.69. The molecule has 0 spiro atoms. The van der Waals surface area contributed by atoms with Gasteiger partial charge in [-0.25, -0.2) is 4.98 Å². The molecule has 3 aromatic heterocycles. The van der Waals surface area contributed by atoms with Crippen LogP contribution < -0.4 is 15.0 Å². The molecule has 0 saturated heterocycles. The molecule has 0 aliphatic carbocycles. The number of methoxy groups -OCH3 is 1. The zero-order valence-electron chi connectivity index (χ0n) is 17.0. The third-order valence-electron chi connectivity index (χ3n) is 5.01. The highest BCUT2D eigenvalue weighted by atomic mass is 32.2. The zero-order valence-corrected chi connectivity index (χ0v) is 17.8. The van der Waals surface area contributed by atoms with Gasteiger partial charge in [0.05, 0.1) is 10.9 Å². The molecule has 0 bridgehead atoms. The molecule has 0 atom stereocenters. The van der Waals surface area contributed by atoms with Crippen LogP contribution in [0.1, 0.15) is 12.0 Å². The Morgan fingerprint density at radius 1 is 1.19 bits per heavy atom. The molecule has 0 radical (unpaired) electrons. The molecule has 10 heteroatoms. The third kappa shape index (κ3) is 3.96. The maximum atomic E-state index is 12.8. The van der Waals surface area contributed by atoms with Gasteiger partial charge in [0.2, 0.25) is 5.16 Å². The lowest BCUT2D eigenvalue weighted by Crippen LogP contribution is -2.21. The predicted octanol–water partition coefficient (Wildman–Crippen LogP) is 2.54. The van der Waals surface area contributed by atoms with Crippen LogP contribution in [0.3, 0.4) is 0 Å². The smallest absolute Gasteiger partial charge is 0.261 e. The van der Waals surface area contributed by atoms with Crippen molar-refractivity contribution in [1.29, 1.82) is 0 Å². The van der Waals surface area contributed by atoms with E-state index in [-0.39, 0.29) is 5.56 Å². The van der Waals surface area contributed by atoms with Crippen molar-refractivity contribution < 1.29 is 14.2 Å². The molecule has 0 fully saturated rings. The summed E-state index contributed by atoms with van der Waals surface area (Å²) in [6.45, 7) is 2.33. The first-order valence-electron chi connectivity index (χ1n) is 9.98. The average molecular weight is 439 g/mol. The molecule has 0 N–H and O–H groups in total. The van der Waals surface area contributed by atoms with Gasteiger partial charge in [-0.1, -0.05) is 17.8 Å². The number of benzene rings is 1. The topological polar surface area (TPSA) is 92.8 Å². The lowest BCUT2D eigenvalue weighted by Gasteiger charge is -2.18. The van der Waals surface area contributed by atoms with E-state index in [9.17, 15) is 4.79 Å². The Kier molecular flexibility index (Phi) is 5.47. The summed E-state index contributed by atoms with van der Waals surface area (Å²) >= 11 is 1.50. The van der Waals surface area contributed by atoms with Gasteiger partial charge in [-0.3, -0.25) is 4.79 Å². The molecular formula is C21H21N5O4S. The largest absolute Gasteiger partial charge is 0.486 e. The van der Waals surface area contributed by atoms with Crippen molar-refractivity contribution in [1.82, 2.24) is 24.1 Å². The van der Waals surface area contributed by atoms with Crippen LogP contribution in [0.15, 0.2) is 46.6 Å². The van der Waals surface area contributed by atoms with Gasteiger partial charge in [0.25, 0.3) is 11.3 Å². The fourth-order valence-electron chi connectivity index (χ4n) is 3.48. The molecule has 0 saturated carbocycles. The van der Waals surface area contributed by atoms with E-state index in [2.05, 4.69) is 15.1 Å². The lowest BCUT2D eigenvalue weighted by molar-refractivity contribution is 0.171. The van der Waals surface area contributed by atoms with Gasteiger partial charge in [0.15, 0.2) is 11.5 Å². The Morgan fingerprint density at radius 3 is 2.94 bits per heavy atom. The van der Waals surface area contributed by atoms with Gasteiger partial charge < -0.3 is 18.8 Å². The molecule has 1 aliphatic rings. The highest BCUT2D eigenvalue weighted by Crippen LogP contribution is 2.32. The number of aromatic nitrogens is 5. The summed E-state index contributed by atoms with van der Waals surface area (Å²) in [7, 11) is 1.65. The fourth-order valence-corrected chi connectivity index (χ4v) is 4.24. The van der Waals surface area contributed by atoms with Crippen LogP contribution in [0.4, 0.5) is 0 Å². The normalized spacial score (nSPS) is 13.2. The van der Waals surface area contributed by atoms with Crippen molar-refractivity contribution >= 4 is 28.4 Å². The first-order valence-corrected chi connectivity index (χ1v) is 11.0. The standard InChI is InChI=1S/C21H21N5O4S/c1-28-8-2-6-25-7-5-16-15(19(25)27)12-22-20-23-21(24-26(16)20)31-13-14-3-4-17-18(11-14)30-10-9-29-17/h3-5,7,11-12H,2,6,8-10,13H2,1H3. The van der Waals surface area contributed by atoms with Gasteiger partial charge in [-0.15, -0.1) is 5.10 Å². The summed E-state index contributed by atoms with van der Waals surface area (Å²) in [6, 6.07) is 7.79. The van der Waals surface area contributed by atoms with Gasteiger partial charge in [-0.2, -0.15) is 9.50 Å². The number of fused-ring (bicyclic) bond motifs is 4. The average Bonchev–Trinajstić information content (AvgIpc) is 3.23. The minimum Gasteiger partial charge on any atom is -0.486 e. The zero-order chi connectivity index (χ0) is 21.2. The van der Waals surface area contributed by atoms with Crippen molar-refractivity contribution in [2.45, 2.75) is 23.9 Å². The first kappa shape index (κ1) is 19.8. The van der Waals surface area contributed by atoms with Gasteiger partial charge in [0.1, 0.15) is 13.2 Å². The highest BCUT2D eigenvalue weighted by molar-refractivity contribution is 7.98. The molecular weight excluding hydrogens is 418 g/mol. The summed E-state index contributed by atoms with van der Waals surface area (Å²) in [4.78, 5) is 21.6. The molecule has 160 valence electrons. The molecule has 0 amide bonds. The van der Waals surface area contributed by atoms with E-state index in [4.69, 9.17) is 14.2 Å². The number of hydrogen-bond donors (Lipinski definition) is 0. The van der Waals surface area contributed by atoms with E-state index in [0.717, 1.165) is 23.5 Å². The lowest BCUT2D eigenvalue weighted by atomic mass is 10.2. The van der Waals surface area contributed by atoms with Crippen molar-refractivity contribution in [3.05, 3.63) is 52.6 Å². The SMILES string of the molecule is COCCCn1ccc2c(cnc3nc(SCc4ccc5c(c4)OCCO5)nn32)c1=O. The number of nitrogens with zero attached hydrogens (tertiary/aromatic N) is 5. The van der Waals surface area contributed by atoms with Crippen LogP contribution in [-0.4, -0.2) is 51.1 Å². The molecule has 4 heterocycles. The number of pyridine rings is 1. The van der Waals surface area contributed by atoms with E-state index in [1.807, 2.05) is 24.3 Å². The maximum absolute atomic E-state index is 12.8. The molecule has 5 rings (SSSR count). The molecule has 0 unspecified atom stereocenters. The molecule has 1 aromatic carbocycles. The van der Waals surface area contributed by atoms with Crippen molar-refractivity contribution in [2.24, 2.45) is 0 Å². The molecule has 31 heavy (non-hydrogen) atoms. The van der Waals surface area contributed by atoms with Crippen molar-refractivity contribution in [3.8, 4) is 11.5 Å². The Labute approximate surface area is 182 Å². The van der Waals surface area contributed by atoms with Crippen LogP contribution in [0.5, 0.6) is 11.5 Å². The second-order valence-electron chi connectivity index (χ2n) is 7.09.